The van der Waals surface area contributed by atoms with Crippen molar-refractivity contribution in [1.82, 2.24) is 0 Å². The average molecular weight is 244 g/mol. The molecule has 0 atom stereocenters. The molecule has 88 valence electrons. The molecule has 1 aliphatic carbocycles. The number of methoxy groups -OCH3 is 1. The second-order valence-corrected chi connectivity index (χ2v) is 4.79. The van der Waals surface area contributed by atoms with Crippen molar-refractivity contribution in [3.05, 3.63) is 28.0 Å². The van der Waals surface area contributed by atoms with Crippen molar-refractivity contribution >= 4 is 11.6 Å². The van der Waals surface area contributed by atoms with Gasteiger partial charge in [0.1, 0.15) is 0 Å². The van der Waals surface area contributed by atoms with Gasteiger partial charge in [0.05, 0.1) is 12.1 Å². The minimum atomic E-state index is -0.535. The number of ether oxygens (including phenoxy) is 1. The lowest BCUT2D eigenvalue weighted by Crippen LogP contribution is -2.44. The van der Waals surface area contributed by atoms with Crippen LogP contribution in [0, 0.1) is 12.7 Å². The van der Waals surface area contributed by atoms with Gasteiger partial charge in [-0.25, -0.2) is 4.39 Å². The second kappa shape index (κ2) is 3.90. The number of hydrogen-bond donors (Lipinski definition) is 1. The van der Waals surface area contributed by atoms with Crippen LogP contribution in [-0.2, 0) is 5.54 Å². The molecular formula is C12H15ClFNO. The van der Waals surface area contributed by atoms with Gasteiger partial charge in [-0.15, -0.1) is 0 Å². The van der Waals surface area contributed by atoms with Crippen LogP contribution in [0.3, 0.4) is 0 Å². The minimum Gasteiger partial charge on any atom is -0.492 e. The molecule has 0 unspecified atom stereocenters. The van der Waals surface area contributed by atoms with E-state index < -0.39 is 11.4 Å². The number of nitrogens with two attached hydrogens (primary N) is 1. The summed E-state index contributed by atoms with van der Waals surface area (Å²) in [5, 5.41) is 0.326. The second-order valence-electron chi connectivity index (χ2n) is 4.41. The Morgan fingerprint density at radius 2 is 2.12 bits per heavy atom. The Morgan fingerprint density at radius 3 is 2.56 bits per heavy atom. The Morgan fingerprint density at radius 1 is 1.50 bits per heavy atom. The third kappa shape index (κ3) is 1.59. The summed E-state index contributed by atoms with van der Waals surface area (Å²) in [6, 6.07) is 1.74. The van der Waals surface area contributed by atoms with E-state index in [2.05, 4.69) is 0 Å². The van der Waals surface area contributed by atoms with Gasteiger partial charge < -0.3 is 10.5 Å². The molecule has 0 bridgehead atoms. The minimum absolute atomic E-state index is 0.105. The van der Waals surface area contributed by atoms with Crippen LogP contribution in [0.5, 0.6) is 5.75 Å². The summed E-state index contributed by atoms with van der Waals surface area (Å²) in [5.74, 6) is -0.311. The topological polar surface area (TPSA) is 35.2 Å². The third-order valence-electron chi connectivity index (χ3n) is 3.33. The smallest absolute Gasteiger partial charge is 0.173 e. The van der Waals surface area contributed by atoms with Gasteiger partial charge in [0.15, 0.2) is 11.6 Å². The summed E-state index contributed by atoms with van der Waals surface area (Å²) in [7, 11) is 1.41. The van der Waals surface area contributed by atoms with Crippen LogP contribution in [-0.4, -0.2) is 7.11 Å². The first-order valence-electron chi connectivity index (χ1n) is 5.31. The molecule has 2 rings (SSSR count). The zero-order valence-corrected chi connectivity index (χ0v) is 10.2. The quantitative estimate of drug-likeness (QED) is 0.866. The van der Waals surface area contributed by atoms with Crippen molar-refractivity contribution in [2.24, 2.45) is 5.73 Å². The zero-order chi connectivity index (χ0) is 11.9. The molecule has 4 heteroatoms. The molecular weight excluding hydrogens is 229 g/mol. The van der Waals surface area contributed by atoms with E-state index >= 15 is 0 Å². The van der Waals surface area contributed by atoms with Crippen molar-refractivity contribution in [2.75, 3.05) is 7.11 Å². The Hall–Kier alpha value is -0.800. The molecule has 0 heterocycles. The SMILES string of the molecule is COc1c(F)c(C2(N)CCC2)cc(C)c1Cl. The van der Waals surface area contributed by atoms with Gasteiger partial charge in [-0.1, -0.05) is 11.6 Å². The highest BCUT2D eigenvalue weighted by Crippen LogP contribution is 2.44. The van der Waals surface area contributed by atoms with E-state index in [-0.39, 0.29) is 5.75 Å². The standard InChI is InChI=1S/C12H15ClFNO/c1-7-6-8(12(15)4-3-5-12)10(14)11(16-2)9(7)13/h6H,3-5,15H2,1-2H3. The highest BCUT2D eigenvalue weighted by atomic mass is 35.5. The maximum atomic E-state index is 14.1. The molecule has 1 aromatic rings. The van der Waals surface area contributed by atoms with Crippen molar-refractivity contribution in [1.29, 1.82) is 0 Å². The fourth-order valence-corrected chi connectivity index (χ4v) is 2.32. The van der Waals surface area contributed by atoms with Gasteiger partial charge in [-0.3, -0.25) is 0 Å². The van der Waals surface area contributed by atoms with Gasteiger partial charge in [-0.05, 0) is 37.8 Å². The summed E-state index contributed by atoms with van der Waals surface area (Å²) >= 11 is 5.98. The van der Waals surface area contributed by atoms with Gasteiger partial charge >= 0.3 is 0 Å². The Labute approximate surface area is 99.5 Å². The number of rotatable bonds is 2. The lowest BCUT2D eigenvalue weighted by atomic mass is 9.72. The molecule has 0 aliphatic heterocycles. The van der Waals surface area contributed by atoms with Crippen molar-refractivity contribution in [2.45, 2.75) is 31.7 Å². The van der Waals surface area contributed by atoms with E-state index in [1.54, 1.807) is 6.07 Å². The molecule has 2 nitrogen and oxygen atoms in total. The van der Waals surface area contributed by atoms with Crippen LogP contribution in [0.4, 0.5) is 4.39 Å². The van der Waals surface area contributed by atoms with Crippen LogP contribution in [0.15, 0.2) is 6.07 Å². The maximum Gasteiger partial charge on any atom is 0.173 e. The van der Waals surface area contributed by atoms with E-state index in [9.17, 15) is 4.39 Å². The summed E-state index contributed by atoms with van der Waals surface area (Å²) < 4.78 is 19.1. The monoisotopic (exact) mass is 243 g/mol. The number of halogens is 2. The molecule has 1 saturated carbocycles. The highest BCUT2D eigenvalue weighted by Gasteiger charge is 2.38. The number of hydrogen-bond acceptors (Lipinski definition) is 2. The molecule has 1 aliphatic rings. The lowest BCUT2D eigenvalue weighted by Gasteiger charge is -2.39. The summed E-state index contributed by atoms with van der Waals surface area (Å²) in [6.07, 6.45) is 2.67. The Bertz CT molecular complexity index is 430. The van der Waals surface area contributed by atoms with Crippen LogP contribution in [0.2, 0.25) is 5.02 Å². The lowest BCUT2D eigenvalue weighted by molar-refractivity contribution is 0.242. The van der Waals surface area contributed by atoms with E-state index in [1.165, 1.54) is 7.11 Å². The van der Waals surface area contributed by atoms with E-state index in [1.807, 2.05) is 6.92 Å². The average Bonchev–Trinajstić information content (AvgIpc) is 2.21. The van der Waals surface area contributed by atoms with Crippen molar-refractivity contribution < 1.29 is 9.13 Å². The normalized spacial score (nSPS) is 18.1. The Kier molecular flexibility index (Phi) is 2.84. The van der Waals surface area contributed by atoms with Crippen LogP contribution in [0.1, 0.15) is 30.4 Å². The van der Waals surface area contributed by atoms with Crippen molar-refractivity contribution in [3.8, 4) is 5.75 Å². The highest BCUT2D eigenvalue weighted by molar-refractivity contribution is 6.32. The van der Waals surface area contributed by atoms with Gasteiger partial charge in [0.2, 0.25) is 0 Å². The number of benzene rings is 1. The molecule has 0 aromatic heterocycles. The van der Waals surface area contributed by atoms with Crippen LogP contribution >= 0.6 is 11.6 Å². The van der Waals surface area contributed by atoms with E-state index in [4.69, 9.17) is 22.1 Å². The van der Waals surface area contributed by atoms with E-state index in [0.29, 0.717) is 10.6 Å². The summed E-state index contributed by atoms with van der Waals surface area (Å²) in [4.78, 5) is 0. The molecule has 1 aromatic carbocycles. The Balaban J connectivity index is 2.58. The largest absolute Gasteiger partial charge is 0.492 e. The predicted molar refractivity (Wildman–Crippen MR) is 62.4 cm³/mol. The van der Waals surface area contributed by atoms with Crippen LogP contribution in [0.25, 0.3) is 0 Å². The van der Waals surface area contributed by atoms with Gasteiger partial charge in [0.25, 0.3) is 0 Å². The van der Waals surface area contributed by atoms with Crippen LogP contribution < -0.4 is 10.5 Å². The summed E-state index contributed by atoms with van der Waals surface area (Å²) in [6.45, 7) is 1.83. The first-order chi connectivity index (χ1) is 7.49. The molecule has 0 saturated heterocycles. The summed E-state index contributed by atoms with van der Waals surface area (Å²) in [5.41, 5.74) is 6.92. The zero-order valence-electron chi connectivity index (χ0n) is 9.44. The molecule has 1 fully saturated rings. The molecule has 0 amide bonds. The molecule has 16 heavy (non-hydrogen) atoms. The molecule has 2 N–H and O–H groups in total. The fraction of sp³-hybridized carbons (Fsp3) is 0.500. The van der Waals surface area contributed by atoms with Crippen molar-refractivity contribution in [3.63, 3.8) is 0 Å². The molecule has 0 radical (unpaired) electrons. The fourth-order valence-electron chi connectivity index (χ4n) is 2.11. The maximum absolute atomic E-state index is 14.1. The first-order valence-corrected chi connectivity index (χ1v) is 5.69. The molecule has 0 spiro atoms. The number of aryl methyl sites for hydroxylation is 1. The predicted octanol–water partition coefficient (Wildman–Crippen LogP) is 3.13. The van der Waals surface area contributed by atoms with E-state index in [0.717, 1.165) is 24.8 Å². The first kappa shape index (κ1) is 11.7. The van der Waals surface area contributed by atoms with Gasteiger partial charge in [0, 0.05) is 11.1 Å². The van der Waals surface area contributed by atoms with Gasteiger partial charge in [-0.2, -0.15) is 0 Å². The third-order valence-corrected chi connectivity index (χ3v) is 3.80.